The fraction of sp³-hybridized carbons (Fsp3) is 0.0833. The molecule has 0 atom stereocenters. The van der Waals surface area contributed by atoms with Crippen molar-refractivity contribution in [3.8, 4) is 17.1 Å². The van der Waals surface area contributed by atoms with Gasteiger partial charge in [0.25, 0.3) is 0 Å². The van der Waals surface area contributed by atoms with E-state index in [1.54, 1.807) is 24.3 Å². The van der Waals surface area contributed by atoms with E-state index in [-0.39, 0.29) is 18.1 Å². The van der Waals surface area contributed by atoms with Gasteiger partial charge >= 0.3 is 0 Å². The Bertz CT molecular complexity index is 543. The number of hydrogen-bond acceptors (Lipinski definition) is 4. The molecule has 4 nitrogen and oxygen atoms in total. The van der Waals surface area contributed by atoms with Gasteiger partial charge in [0.05, 0.1) is 0 Å². The lowest BCUT2D eigenvalue weighted by molar-refractivity contribution is 0.243. The van der Waals surface area contributed by atoms with E-state index >= 15 is 0 Å². The summed E-state index contributed by atoms with van der Waals surface area (Å²) in [4.78, 5) is 11.4. The highest BCUT2D eigenvalue weighted by Gasteiger charge is 2.12. The molecule has 0 aliphatic carbocycles. The Labute approximate surface area is 91.4 Å². The predicted molar refractivity (Wildman–Crippen MR) is 58.0 cm³/mol. The molecule has 1 heterocycles. The van der Waals surface area contributed by atoms with Crippen molar-refractivity contribution in [2.45, 2.75) is 6.61 Å². The highest BCUT2D eigenvalue weighted by molar-refractivity contribution is 5.63. The summed E-state index contributed by atoms with van der Waals surface area (Å²) in [6, 6.07) is 9.83. The van der Waals surface area contributed by atoms with Crippen LogP contribution >= 0.6 is 0 Å². The molecular formula is C12H10O4. The molecule has 0 saturated carbocycles. The van der Waals surface area contributed by atoms with Crippen molar-refractivity contribution in [3.63, 3.8) is 0 Å². The van der Waals surface area contributed by atoms with Gasteiger partial charge in [-0.2, -0.15) is 0 Å². The van der Waals surface area contributed by atoms with E-state index in [0.717, 1.165) is 6.07 Å². The lowest BCUT2D eigenvalue weighted by Crippen LogP contribution is -2.02. The van der Waals surface area contributed by atoms with E-state index in [1.807, 2.05) is 6.07 Å². The van der Waals surface area contributed by atoms with Crippen LogP contribution in [0.4, 0.5) is 0 Å². The first-order valence-electron chi connectivity index (χ1n) is 4.74. The second-order valence-electron chi connectivity index (χ2n) is 3.28. The van der Waals surface area contributed by atoms with Gasteiger partial charge in [-0.15, -0.1) is 0 Å². The fourth-order valence-corrected chi connectivity index (χ4v) is 1.40. The Morgan fingerprint density at radius 2 is 1.88 bits per heavy atom. The van der Waals surface area contributed by atoms with E-state index in [1.165, 1.54) is 0 Å². The van der Waals surface area contributed by atoms with Crippen LogP contribution in [0.3, 0.4) is 0 Å². The Kier molecular flexibility index (Phi) is 2.74. The molecule has 0 aliphatic rings. The van der Waals surface area contributed by atoms with Crippen molar-refractivity contribution in [2.75, 3.05) is 0 Å². The van der Waals surface area contributed by atoms with Gasteiger partial charge in [0.1, 0.15) is 12.4 Å². The predicted octanol–water partition coefficient (Wildman–Crippen LogP) is 1.50. The minimum atomic E-state index is -0.561. The molecule has 0 unspecified atom stereocenters. The van der Waals surface area contributed by atoms with Crippen molar-refractivity contribution in [3.05, 3.63) is 52.4 Å². The summed E-state index contributed by atoms with van der Waals surface area (Å²) >= 11 is 0. The maximum Gasteiger partial charge on any atom is 0.227 e. The first kappa shape index (κ1) is 10.4. The molecule has 1 aromatic heterocycles. The largest absolute Gasteiger partial charge is 0.502 e. The Morgan fingerprint density at radius 3 is 2.50 bits per heavy atom. The van der Waals surface area contributed by atoms with Gasteiger partial charge in [-0.25, -0.2) is 0 Å². The van der Waals surface area contributed by atoms with E-state index in [2.05, 4.69) is 0 Å². The lowest BCUT2D eigenvalue weighted by Gasteiger charge is -2.04. The van der Waals surface area contributed by atoms with Crippen molar-refractivity contribution >= 4 is 0 Å². The quantitative estimate of drug-likeness (QED) is 0.801. The lowest BCUT2D eigenvalue weighted by atomic mass is 10.1. The summed E-state index contributed by atoms with van der Waals surface area (Å²) in [6.07, 6.45) is 0. The molecule has 1 aromatic carbocycles. The number of benzene rings is 1. The summed E-state index contributed by atoms with van der Waals surface area (Å²) in [5.74, 6) is -0.234. The number of aliphatic hydroxyl groups excluding tert-OH is 1. The summed E-state index contributed by atoms with van der Waals surface area (Å²) in [5, 5.41) is 18.5. The summed E-state index contributed by atoms with van der Waals surface area (Å²) in [6.45, 7) is -0.380. The van der Waals surface area contributed by atoms with Gasteiger partial charge in [0.15, 0.2) is 5.76 Å². The molecule has 2 N–H and O–H groups in total. The minimum absolute atomic E-state index is 0.0807. The third-order valence-corrected chi connectivity index (χ3v) is 2.17. The molecule has 0 aliphatic heterocycles. The molecule has 2 rings (SSSR count). The highest BCUT2D eigenvalue weighted by Crippen LogP contribution is 2.26. The number of aliphatic hydroxyl groups is 1. The number of rotatable bonds is 2. The first-order chi connectivity index (χ1) is 7.72. The van der Waals surface area contributed by atoms with Crippen LogP contribution < -0.4 is 5.43 Å². The average molecular weight is 218 g/mol. The van der Waals surface area contributed by atoms with Gasteiger partial charge in [0.2, 0.25) is 11.2 Å². The van der Waals surface area contributed by atoms with Crippen LogP contribution in [-0.4, -0.2) is 10.2 Å². The zero-order valence-electron chi connectivity index (χ0n) is 8.38. The highest BCUT2D eigenvalue weighted by atomic mass is 16.4. The number of hydrogen-bond donors (Lipinski definition) is 2. The molecule has 0 bridgehead atoms. The average Bonchev–Trinajstić information content (AvgIpc) is 2.33. The van der Waals surface area contributed by atoms with E-state index in [4.69, 9.17) is 9.52 Å². The molecule has 2 aromatic rings. The van der Waals surface area contributed by atoms with Gasteiger partial charge in [-0.05, 0) is 0 Å². The molecule has 16 heavy (non-hydrogen) atoms. The van der Waals surface area contributed by atoms with Crippen molar-refractivity contribution in [1.82, 2.24) is 0 Å². The Hall–Kier alpha value is -2.07. The summed E-state index contributed by atoms with van der Waals surface area (Å²) in [7, 11) is 0. The smallest absolute Gasteiger partial charge is 0.227 e. The van der Waals surface area contributed by atoms with E-state index < -0.39 is 11.2 Å². The normalized spacial score (nSPS) is 10.3. The van der Waals surface area contributed by atoms with Crippen LogP contribution in [0.15, 0.2) is 45.6 Å². The van der Waals surface area contributed by atoms with E-state index in [9.17, 15) is 9.90 Å². The fourth-order valence-electron chi connectivity index (χ4n) is 1.40. The van der Waals surface area contributed by atoms with Gasteiger partial charge in [0, 0.05) is 11.6 Å². The van der Waals surface area contributed by atoms with Crippen LogP contribution in [0.2, 0.25) is 0 Å². The SMILES string of the molecule is O=c1cc(CO)oc(-c2ccccc2)c1O. The topological polar surface area (TPSA) is 70.7 Å². The Morgan fingerprint density at radius 1 is 1.19 bits per heavy atom. The van der Waals surface area contributed by atoms with Gasteiger partial charge < -0.3 is 14.6 Å². The van der Waals surface area contributed by atoms with E-state index in [0.29, 0.717) is 5.56 Å². The first-order valence-corrected chi connectivity index (χ1v) is 4.74. The zero-order valence-corrected chi connectivity index (χ0v) is 8.38. The molecular weight excluding hydrogens is 208 g/mol. The molecule has 0 spiro atoms. The molecule has 0 amide bonds. The summed E-state index contributed by atoms with van der Waals surface area (Å²) in [5.41, 5.74) is 0.0292. The van der Waals surface area contributed by atoms with Crippen LogP contribution in [0, 0.1) is 0 Å². The van der Waals surface area contributed by atoms with Gasteiger partial charge in [-0.1, -0.05) is 30.3 Å². The molecule has 0 radical (unpaired) electrons. The molecule has 82 valence electrons. The van der Waals surface area contributed by atoms with Gasteiger partial charge in [-0.3, -0.25) is 4.79 Å². The van der Waals surface area contributed by atoms with Crippen LogP contribution in [0.1, 0.15) is 5.76 Å². The maximum atomic E-state index is 11.4. The molecule has 0 saturated heterocycles. The summed E-state index contributed by atoms with van der Waals surface area (Å²) < 4.78 is 5.22. The minimum Gasteiger partial charge on any atom is -0.502 e. The number of aromatic hydroxyl groups is 1. The van der Waals surface area contributed by atoms with Crippen LogP contribution in [-0.2, 0) is 6.61 Å². The zero-order chi connectivity index (χ0) is 11.5. The third-order valence-electron chi connectivity index (χ3n) is 2.17. The maximum absolute atomic E-state index is 11.4. The van der Waals surface area contributed by atoms with Crippen LogP contribution in [0.5, 0.6) is 5.75 Å². The standard InChI is InChI=1S/C12H10O4/c13-7-9-6-10(14)11(15)12(16-9)8-4-2-1-3-5-8/h1-6,13,15H,7H2. The van der Waals surface area contributed by atoms with Crippen molar-refractivity contribution in [1.29, 1.82) is 0 Å². The second-order valence-corrected chi connectivity index (χ2v) is 3.28. The second kappa shape index (κ2) is 4.20. The Balaban J connectivity index is 2.65. The van der Waals surface area contributed by atoms with Crippen molar-refractivity contribution < 1.29 is 14.6 Å². The third kappa shape index (κ3) is 1.83. The monoisotopic (exact) mass is 218 g/mol. The van der Waals surface area contributed by atoms with Crippen molar-refractivity contribution in [2.24, 2.45) is 0 Å². The van der Waals surface area contributed by atoms with Crippen LogP contribution in [0.25, 0.3) is 11.3 Å². The molecule has 0 fully saturated rings. The molecule has 4 heteroatoms.